The fourth-order valence-corrected chi connectivity index (χ4v) is 4.62. The molecule has 3 aliphatic rings. The highest BCUT2D eigenvalue weighted by atomic mass is 35.5. The molecule has 3 aliphatic carbocycles. The van der Waals surface area contributed by atoms with E-state index in [1.54, 1.807) is 18.3 Å². The van der Waals surface area contributed by atoms with E-state index in [1.165, 1.54) is 19.2 Å². The van der Waals surface area contributed by atoms with Gasteiger partial charge >= 0.3 is 0 Å². The highest BCUT2D eigenvalue weighted by Gasteiger charge is 2.68. The van der Waals surface area contributed by atoms with Gasteiger partial charge in [0.05, 0.1) is 12.1 Å². The zero-order valence-electron chi connectivity index (χ0n) is 15.8. The molecular weight excluding hydrogens is 399 g/mol. The topological polar surface area (TPSA) is 77.5 Å². The highest BCUT2D eigenvalue weighted by molar-refractivity contribution is 6.30. The summed E-state index contributed by atoms with van der Waals surface area (Å²) in [6.07, 6.45) is 4.32. The van der Waals surface area contributed by atoms with Gasteiger partial charge in [0.2, 0.25) is 5.88 Å². The van der Waals surface area contributed by atoms with E-state index in [1.807, 2.05) is 0 Å². The molecular formula is C21H20ClFN2O4. The van der Waals surface area contributed by atoms with E-state index in [9.17, 15) is 14.0 Å². The first-order valence-electron chi connectivity index (χ1n) is 9.24. The molecule has 29 heavy (non-hydrogen) atoms. The monoisotopic (exact) mass is 418 g/mol. The van der Waals surface area contributed by atoms with Gasteiger partial charge in [0.25, 0.3) is 5.91 Å². The summed E-state index contributed by atoms with van der Waals surface area (Å²) in [5.74, 6) is -0.146. The summed E-state index contributed by atoms with van der Waals surface area (Å²) in [4.78, 5) is 28.7. The van der Waals surface area contributed by atoms with Gasteiger partial charge in [-0.1, -0.05) is 11.6 Å². The van der Waals surface area contributed by atoms with Crippen molar-refractivity contribution in [2.75, 3.05) is 13.7 Å². The number of nitrogens with zero attached hydrogens (tertiary/aromatic N) is 1. The number of Topliss-reactive ketones (excluding diaryl/α,β-unsaturated/α-hetero) is 1. The molecule has 0 aliphatic heterocycles. The number of pyridine rings is 1. The van der Waals surface area contributed by atoms with Crippen LogP contribution in [0.5, 0.6) is 11.6 Å². The average Bonchev–Trinajstić information content (AvgIpc) is 2.66. The molecule has 0 saturated heterocycles. The van der Waals surface area contributed by atoms with Crippen molar-refractivity contribution >= 4 is 23.3 Å². The van der Waals surface area contributed by atoms with Crippen LogP contribution in [0.4, 0.5) is 4.39 Å². The number of amides is 1. The van der Waals surface area contributed by atoms with Gasteiger partial charge in [-0.2, -0.15) is 0 Å². The van der Waals surface area contributed by atoms with Crippen LogP contribution >= 0.6 is 11.6 Å². The molecule has 152 valence electrons. The summed E-state index contributed by atoms with van der Waals surface area (Å²) in [5, 5.41) is 2.99. The number of nitrogens with one attached hydrogen (secondary N) is 1. The predicted octanol–water partition coefficient (Wildman–Crippen LogP) is 3.57. The Kier molecular flexibility index (Phi) is 4.94. The van der Waals surface area contributed by atoms with Crippen molar-refractivity contribution in [1.82, 2.24) is 10.3 Å². The normalized spacial score (nSPS) is 24.1. The Morgan fingerprint density at radius 1 is 1.24 bits per heavy atom. The fraction of sp³-hybridized carbons (Fsp3) is 0.381. The maximum atomic E-state index is 13.4. The van der Waals surface area contributed by atoms with Crippen LogP contribution in [0.25, 0.3) is 0 Å². The Morgan fingerprint density at radius 3 is 2.69 bits per heavy atom. The van der Waals surface area contributed by atoms with Gasteiger partial charge in [-0.3, -0.25) is 9.59 Å². The molecule has 5 rings (SSSR count). The number of benzene rings is 1. The Hall–Kier alpha value is -2.67. The Labute approximate surface area is 172 Å². The maximum absolute atomic E-state index is 13.4. The molecule has 8 heteroatoms. The third kappa shape index (κ3) is 3.92. The lowest BCUT2D eigenvalue weighted by atomic mass is 9.38. The standard InChI is InChI=1S/C21H20ClFN2O4/c1-28-19-6-13(4-5-24-19)17(26)8-20-10-21(11-20,12-20)25-18(27)9-29-14-2-3-15(22)16(23)7-14/h2-7H,8-12H2,1H3,(H,25,27). The zero-order valence-corrected chi connectivity index (χ0v) is 16.6. The van der Waals surface area contributed by atoms with Crippen LogP contribution < -0.4 is 14.8 Å². The molecule has 3 saturated carbocycles. The smallest absolute Gasteiger partial charge is 0.258 e. The minimum atomic E-state index is -0.595. The molecule has 3 fully saturated rings. The van der Waals surface area contributed by atoms with Gasteiger partial charge in [0.15, 0.2) is 12.4 Å². The molecule has 0 atom stereocenters. The maximum Gasteiger partial charge on any atom is 0.258 e. The molecule has 0 radical (unpaired) electrons. The second-order valence-corrected chi connectivity index (χ2v) is 8.32. The van der Waals surface area contributed by atoms with Crippen molar-refractivity contribution in [2.24, 2.45) is 5.41 Å². The molecule has 0 unspecified atom stereocenters. The number of ether oxygens (including phenoxy) is 2. The van der Waals surface area contributed by atoms with E-state index in [0.29, 0.717) is 17.9 Å². The lowest BCUT2D eigenvalue weighted by molar-refractivity contribution is -0.164. The van der Waals surface area contributed by atoms with Crippen LogP contribution in [0.3, 0.4) is 0 Å². The van der Waals surface area contributed by atoms with E-state index in [2.05, 4.69) is 10.3 Å². The van der Waals surface area contributed by atoms with Crippen LogP contribution in [0.2, 0.25) is 5.02 Å². The Balaban J connectivity index is 1.24. The number of carbonyl (C=O) groups excluding carboxylic acids is 2. The van der Waals surface area contributed by atoms with Crippen molar-refractivity contribution in [3.8, 4) is 11.6 Å². The first-order valence-corrected chi connectivity index (χ1v) is 9.62. The van der Waals surface area contributed by atoms with Crippen molar-refractivity contribution in [2.45, 2.75) is 31.2 Å². The molecule has 0 spiro atoms. The van der Waals surface area contributed by atoms with Crippen LogP contribution in [0.15, 0.2) is 36.5 Å². The number of aromatic nitrogens is 1. The third-order valence-electron chi connectivity index (χ3n) is 5.61. The Morgan fingerprint density at radius 2 is 2.00 bits per heavy atom. The van der Waals surface area contributed by atoms with E-state index in [4.69, 9.17) is 21.1 Å². The molecule has 2 aromatic rings. The third-order valence-corrected chi connectivity index (χ3v) is 5.91. The van der Waals surface area contributed by atoms with E-state index < -0.39 is 5.82 Å². The van der Waals surface area contributed by atoms with Gasteiger partial charge in [-0.15, -0.1) is 0 Å². The average molecular weight is 419 g/mol. The van der Waals surface area contributed by atoms with Gasteiger partial charge in [-0.05, 0) is 42.9 Å². The largest absolute Gasteiger partial charge is 0.484 e. The minimum absolute atomic E-state index is 0.000669. The molecule has 1 heterocycles. The quantitative estimate of drug-likeness (QED) is 0.663. The summed E-state index contributed by atoms with van der Waals surface area (Å²) in [6, 6.07) is 7.36. The van der Waals surface area contributed by atoms with Crippen LogP contribution in [0, 0.1) is 11.2 Å². The number of hydrogen-bond donors (Lipinski definition) is 1. The van der Waals surface area contributed by atoms with Crippen molar-refractivity contribution in [1.29, 1.82) is 0 Å². The number of ketones is 1. The summed E-state index contributed by atoms with van der Waals surface area (Å²) in [6.45, 7) is -0.203. The predicted molar refractivity (Wildman–Crippen MR) is 104 cm³/mol. The van der Waals surface area contributed by atoms with Gasteiger partial charge < -0.3 is 14.8 Å². The van der Waals surface area contributed by atoms with Crippen molar-refractivity contribution in [3.63, 3.8) is 0 Å². The first kappa shape index (κ1) is 19.6. The molecule has 6 nitrogen and oxygen atoms in total. The minimum Gasteiger partial charge on any atom is -0.484 e. The van der Waals surface area contributed by atoms with Crippen molar-refractivity contribution in [3.05, 3.63) is 52.9 Å². The van der Waals surface area contributed by atoms with Gasteiger partial charge in [-0.25, -0.2) is 9.37 Å². The van der Waals surface area contributed by atoms with Crippen LogP contribution in [-0.2, 0) is 4.79 Å². The summed E-state index contributed by atoms with van der Waals surface area (Å²) < 4.78 is 23.8. The van der Waals surface area contributed by atoms with Crippen LogP contribution in [0.1, 0.15) is 36.0 Å². The first-order chi connectivity index (χ1) is 13.8. The zero-order chi connectivity index (χ0) is 20.6. The summed E-state index contributed by atoms with van der Waals surface area (Å²) in [5.41, 5.74) is 0.298. The molecule has 1 aromatic heterocycles. The van der Waals surface area contributed by atoms with E-state index in [-0.39, 0.29) is 40.0 Å². The lowest BCUT2D eigenvalue weighted by Gasteiger charge is -2.70. The van der Waals surface area contributed by atoms with E-state index >= 15 is 0 Å². The number of methoxy groups -OCH3 is 1. The summed E-state index contributed by atoms with van der Waals surface area (Å²) in [7, 11) is 1.51. The fourth-order valence-electron chi connectivity index (χ4n) is 4.50. The number of hydrogen-bond acceptors (Lipinski definition) is 5. The second-order valence-electron chi connectivity index (χ2n) is 7.91. The van der Waals surface area contributed by atoms with Gasteiger partial charge in [0, 0.05) is 35.9 Å². The van der Waals surface area contributed by atoms with Crippen molar-refractivity contribution < 1.29 is 23.5 Å². The van der Waals surface area contributed by atoms with Crippen LogP contribution in [-0.4, -0.2) is 35.9 Å². The number of carbonyl (C=O) groups is 2. The number of halogens is 2. The molecule has 1 N–H and O–H groups in total. The molecule has 1 aromatic carbocycles. The molecule has 1 amide bonds. The second kappa shape index (κ2) is 7.30. The van der Waals surface area contributed by atoms with E-state index in [0.717, 1.165) is 25.3 Å². The summed E-state index contributed by atoms with van der Waals surface area (Å²) >= 11 is 5.62. The molecule has 2 bridgehead atoms. The SMILES string of the molecule is COc1cc(C(=O)CC23CC(NC(=O)COc4ccc(Cl)c(F)c4)(C2)C3)ccn1. The number of rotatable bonds is 8. The van der Waals surface area contributed by atoms with Gasteiger partial charge in [0.1, 0.15) is 11.6 Å². The lowest BCUT2D eigenvalue weighted by Crippen LogP contribution is -2.75. The highest BCUT2D eigenvalue weighted by Crippen LogP contribution is 2.69. The Bertz CT molecular complexity index is 961.